The standard InChI is InChI=1S/C11H23N/c1-8(2)5-6-9(3)11-7-10(4)12-11/h8-12H,5-7H2,1-4H3/t9?,10-,11-/m0/s1. The fourth-order valence-electron chi connectivity index (χ4n) is 1.92. The lowest BCUT2D eigenvalue weighted by Crippen LogP contribution is -2.53. The van der Waals surface area contributed by atoms with Crippen LogP contribution in [0, 0.1) is 11.8 Å². The maximum atomic E-state index is 3.57. The minimum Gasteiger partial charge on any atom is -0.311 e. The molecule has 1 N–H and O–H groups in total. The van der Waals surface area contributed by atoms with Crippen LogP contribution in [0.1, 0.15) is 47.0 Å². The van der Waals surface area contributed by atoms with E-state index in [4.69, 9.17) is 0 Å². The van der Waals surface area contributed by atoms with Crippen LogP contribution in [0.25, 0.3) is 0 Å². The number of rotatable bonds is 4. The zero-order valence-electron chi connectivity index (χ0n) is 8.93. The summed E-state index contributed by atoms with van der Waals surface area (Å²) >= 11 is 0. The van der Waals surface area contributed by atoms with E-state index in [1.54, 1.807) is 0 Å². The third-order valence-electron chi connectivity index (χ3n) is 2.99. The van der Waals surface area contributed by atoms with Crippen molar-refractivity contribution in [3.63, 3.8) is 0 Å². The number of hydrogen-bond donors (Lipinski definition) is 1. The van der Waals surface area contributed by atoms with Crippen LogP contribution in [0.15, 0.2) is 0 Å². The molecule has 0 aliphatic carbocycles. The van der Waals surface area contributed by atoms with Gasteiger partial charge in [0.2, 0.25) is 0 Å². The van der Waals surface area contributed by atoms with Crippen LogP contribution in [0.3, 0.4) is 0 Å². The van der Waals surface area contributed by atoms with Gasteiger partial charge in [0.05, 0.1) is 0 Å². The Balaban J connectivity index is 2.08. The van der Waals surface area contributed by atoms with Crippen LogP contribution in [0.5, 0.6) is 0 Å². The summed E-state index contributed by atoms with van der Waals surface area (Å²) in [4.78, 5) is 0. The molecule has 1 heteroatoms. The minimum absolute atomic E-state index is 0.775. The van der Waals surface area contributed by atoms with Crippen molar-refractivity contribution in [1.29, 1.82) is 0 Å². The summed E-state index contributed by atoms with van der Waals surface area (Å²) in [6, 6.07) is 1.59. The second-order valence-corrected chi connectivity index (χ2v) is 4.86. The van der Waals surface area contributed by atoms with Crippen LogP contribution in [0.2, 0.25) is 0 Å². The molecule has 1 fully saturated rings. The van der Waals surface area contributed by atoms with Gasteiger partial charge in [0.25, 0.3) is 0 Å². The summed E-state index contributed by atoms with van der Waals surface area (Å²) in [5, 5.41) is 3.57. The number of nitrogens with one attached hydrogen (secondary N) is 1. The highest BCUT2D eigenvalue weighted by Crippen LogP contribution is 2.23. The normalized spacial score (nSPS) is 31.8. The Morgan fingerprint density at radius 2 is 1.83 bits per heavy atom. The second kappa shape index (κ2) is 4.27. The summed E-state index contributed by atoms with van der Waals surface area (Å²) < 4.78 is 0. The van der Waals surface area contributed by atoms with Crippen molar-refractivity contribution < 1.29 is 0 Å². The molecule has 0 spiro atoms. The molecule has 72 valence electrons. The fourth-order valence-corrected chi connectivity index (χ4v) is 1.92. The molecule has 12 heavy (non-hydrogen) atoms. The van der Waals surface area contributed by atoms with Gasteiger partial charge in [-0.15, -0.1) is 0 Å². The zero-order valence-corrected chi connectivity index (χ0v) is 8.93. The van der Waals surface area contributed by atoms with Crippen LogP contribution in [-0.4, -0.2) is 12.1 Å². The van der Waals surface area contributed by atoms with Crippen LogP contribution < -0.4 is 5.32 Å². The third kappa shape index (κ3) is 2.78. The van der Waals surface area contributed by atoms with Gasteiger partial charge < -0.3 is 5.32 Å². The lowest BCUT2D eigenvalue weighted by molar-refractivity contribution is 0.199. The Morgan fingerprint density at radius 3 is 2.25 bits per heavy atom. The predicted octanol–water partition coefficient (Wildman–Crippen LogP) is 2.81. The molecule has 0 aromatic rings. The van der Waals surface area contributed by atoms with E-state index < -0.39 is 0 Å². The molecule has 1 aliphatic rings. The first-order valence-electron chi connectivity index (χ1n) is 5.35. The summed E-state index contributed by atoms with van der Waals surface area (Å²) in [5.41, 5.74) is 0. The molecule has 1 rings (SSSR count). The fraction of sp³-hybridized carbons (Fsp3) is 1.00. The lowest BCUT2D eigenvalue weighted by atomic mass is 9.84. The largest absolute Gasteiger partial charge is 0.311 e. The first-order valence-corrected chi connectivity index (χ1v) is 5.35. The summed E-state index contributed by atoms with van der Waals surface area (Å²) in [5.74, 6) is 1.74. The first kappa shape index (κ1) is 10.0. The van der Waals surface area contributed by atoms with Crippen molar-refractivity contribution in [3.05, 3.63) is 0 Å². The molecular formula is C11H23N. The molecule has 1 aliphatic heterocycles. The second-order valence-electron chi connectivity index (χ2n) is 4.86. The minimum atomic E-state index is 0.775. The molecule has 0 radical (unpaired) electrons. The van der Waals surface area contributed by atoms with Gasteiger partial charge in [-0.1, -0.05) is 27.2 Å². The molecule has 3 atom stereocenters. The van der Waals surface area contributed by atoms with Crippen molar-refractivity contribution in [2.75, 3.05) is 0 Å². The van der Waals surface area contributed by atoms with Gasteiger partial charge in [-0.25, -0.2) is 0 Å². The van der Waals surface area contributed by atoms with Crippen molar-refractivity contribution in [1.82, 2.24) is 5.32 Å². The quantitative estimate of drug-likeness (QED) is 0.682. The maximum Gasteiger partial charge on any atom is 0.0110 e. The molecule has 0 aromatic carbocycles. The summed E-state index contributed by atoms with van der Waals surface area (Å²) in [6.45, 7) is 9.27. The van der Waals surface area contributed by atoms with Gasteiger partial charge in [0.15, 0.2) is 0 Å². The van der Waals surface area contributed by atoms with Crippen molar-refractivity contribution in [3.8, 4) is 0 Å². The van der Waals surface area contributed by atoms with Crippen LogP contribution in [0.4, 0.5) is 0 Å². The van der Waals surface area contributed by atoms with Gasteiger partial charge in [0.1, 0.15) is 0 Å². The predicted molar refractivity (Wildman–Crippen MR) is 54.2 cm³/mol. The average Bonchev–Trinajstić information content (AvgIpc) is 1.94. The van der Waals surface area contributed by atoms with Gasteiger partial charge in [-0.3, -0.25) is 0 Å². The van der Waals surface area contributed by atoms with E-state index in [9.17, 15) is 0 Å². The molecule has 1 heterocycles. The number of hydrogen-bond acceptors (Lipinski definition) is 1. The molecule has 0 saturated carbocycles. The first-order chi connectivity index (χ1) is 5.59. The Kier molecular flexibility index (Phi) is 3.57. The van der Waals surface area contributed by atoms with Crippen molar-refractivity contribution in [2.24, 2.45) is 11.8 Å². The average molecular weight is 169 g/mol. The lowest BCUT2D eigenvalue weighted by Gasteiger charge is -2.39. The summed E-state index contributed by atoms with van der Waals surface area (Å²) in [7, 11) is 0. The Hall–Kier alpha value is -0.0400. The highest BCUT2D eigenvalue weighted by atomic mass is 15.0. The molecule has 1 unspecified atom stereocenters. The smallest absolute Gasteiger partial charge is 0.0110 e. The van der Waals surface area contributed by atoms with E-state index in [-0.39, 0.29) is 0 Å². The molecule has 0 amide bonds. The molecule has 0 bridgehead atoms. The molecule has 0 aromatic heterocycles. The molecular weight excluding hydrogens is 146 g/mol. The van der Waals surface area contributed by atoms with E-state index >= 15 is 0 Å². The highest BCUT2D eigenvalue weighted by molar-refractivity contribution is 4.88. The topological polar surface area (TPSA) is 12.0 Å². The SMILES string of the molecule is CC(C)CCC(C)[C@@H]1C[C@H](C)N1. The van der Waals surface area contributed by atoms with Crippen LogP contribution >= 0.6 is 0 Å². The monoisotopic (exact) mass is 169 g/mol. The maximum absolute atomic E-state index is 3.57. The van der Waals surface area contributed by atoms with E-state index in [1.165, 1.54) is 19.3 Å². The third-order valence-corrected chi connectivity index (χ3v) is 2.99. The Labute approximate surface area is 76.9 Å². The van der Waals surface area contributed by atoms with Crippen LogP contribution in [-0.2, 0) is 0 Å². The van der Waals surface area contributed by atoms with Gasteiger partial charge in [-0.05, 0) is 31.6 Å². The van der Waals surface area contributed by atoms with Gasteiger partial charge in [-0.2, -0.15) is 0 Å². The zero-order chi connectivity index (χ0) is 9.14. The van der Waals surface area contributed by atoms with Gasteiger partial charge >= 0.3 is 0 Å². The van der Waals surface area contributed by atoms with E-state index in [2.05, 4.69) is 33.0 Å². The summed E-state index contributed by atoms with van der Waals surface area (Å²) in [6.07, 6.45) is 4.16. The Bertz CT molecular complexity index is 125. The van der Waals surface area contributed by atoms with Gasteiger partial charge in [0, 0.05) is 12.1 Å². The van der Waals surface area contributed by atoms with E-state index in [0.717, 1.165) is 23.9 Å². The highest BCUT2D eigenvalue weighted by Gasteiger charge is 2.28. The van der Waals surface area contributed by atoms with E-state index in [0.29, 0.717) is 0 Å². The van der Waals surface area contributed by atoms with Crippen molar-refractivity contribution >= 4 is 0 Å². The van der Waals surface area contributed by atoms with E-state index in [1.807, 2.05) is 0 Å². The molecule has 1 saturated heterocycles. The van der Waals surface area contributed by atoms with Crippen molar-refractivity contribution in [2.45, 2.75) is 59.0 Å². The Morgan fingerprint density at radius 1 is 1.25 bits per heavy atom. The molecule has 1 nitrogen and oxygen atoms in total.